The molecular weight excluding hydrogens is 284 g/mol. The minimum Gasteiger partial charge on any atom is -0.372 e. The number of nitro groups is 1. The first-order valence-corrected chi connectivity index (χ1v) is 6.65. The lowest BCUT2D eigenvalue weighted by Gasteiger charge is -2.35. The molecule has 1 saturated heterocycles. The lowest BCUT2D eigenvalue weighted by molar-refractivity contribution is -0.385. The number of rotatable bonds is 2. The molecule has 2 atom stereocenters. The van der Waals surface area contributed by atoms with Crippen LogP contribution in [0.4, 0.5) is 5.69 Å². The van der Waals surface area contributed by atoms with Crippen LogP contribution < -0.4 is 0 Å². The number of amides is 1. The van der Waals surface area contributed by atoms with Gasteiger partial charge < -0.3 is 9.64 Å². The van der Waals surface area contributed by atoms with Crippen molar-refractivity contribution in [2.75, 3.05) is 13.1 Å². The van der Waals surface area contributed by atoms with Gasteiger partial charge in [0.15, 0.2) is 0 Å². The molecule has 1 amide bonds. The summed E-state index contributed by atoms with van der Waals surface area (Å²) >= 11 is 5.84. The minimum atomic E-state index is -0.573. The van der Waals surface area contributed by atoms with E-state index < -0.39 is 4.92 Å². The molecule has 20 heavy (non-hydrogen) atoms. The van der Waals surface area contributed by atoms with Crippen molar-refractivity contribution >= 4 is 23.2 Å². The number of halogens is 1. The van der Waals surface area contributed by atoms with E-state index in [1.165, 1.54) is 18.2 Å². The first-order chi connectivity index (χ1) is 9.38. The molecule has 0 aliphatic carbocycles. The summed E-state index contributed by atoms with van der Waals surface area (Å²) in [5, 5.41) is 11.3. The van der Waals surface area contributed by atoms with Gasteiger partial charge in [0.05, 0.1) is 17.1 Å². The molecule has 0 spiro atoms. The third kappa shape index (κ3) is 3.08. The van der Waals surface area contributed by atoms with Crippen LogP contribution in [0, 0.1) is 10.1 Å². The van der Waals surface area contributed by atoms with E-state index in [0.717, 1.165) is 0 Å². The number of benzene rings is 1. The smallest absolute Gasteiger partial charge is 0.282 e. The number of nitro benzene ring substituents is 1. The average Bonchev–Trinajstić information content (AvgIpc) is 2.36. The van der Waals surface area contributed by atoms with E-state index in [9.17, 15) is 14.9 Å². The molecule has 108 valence electrons. The van der Waals surface area contributed by atoms with Crippen LogP contribution in [-0.2, 0) is 4.74 Å². The zero-order chi connectivity index (χ0) is 14.9. The van der Waals surface area contributed by atoms with Crippen LogP contribution in [0.5, 0.6) is 0 Å². The van der Waals surface area contributed by atoms with E-state index in [4.69, 9.17) is 16.3 Å². The fraction of sp³-hybridized carbons (Fsp3) is 0.462. The van der Waals surface area contributed by atoms with Crippen molar-refractivity contribution in [3.8, 4) is 0 Å². The van der Waals surface area contributed by atoms with Crippen molar-refractivity contribution in [1.29, 1.82) is 0 Å². The molecule has 0 N–H and O–H groups in total. The van der Waals surface area contributed by atoms with Crippen LogP contribution in [-0.4, -0.2) is 41.0 Å². The Kier molecular flexibility index (Phi) is 4.25. The van der Waals surface area contributed by atoms with Crippen LogP contribution in [0.25, 0.3) is 0 Å². The van der Waals surface area contributed by atoms with Gasteiger partial charge in [0.2, 0.25) is 0 Å². The molecule has 7 heteroatoms. The molecule has 2 unspecified atom stereocenters. The lowest BCUT2D eigenvalue weighted by Crippen LogP contribution is -2.48. The quantitative estimate of drug-likeness (QED) is 0.621. The van der Waals surface area contributed by atoms with Gasteiger partial charge in [-0.2, -0.15) is 0 Å². The third-order valence-corrected chi connectivity index (χ3v) is 3.33. The van der Waals surface area contributed by atoms with Crippen LogP contribution in [0.15, 0.2) is 18.2 Å². The Labute approximate surface area is 121 Å². The molecule has 1 aliphatic rings. The Morgan fingerprint density at radius 1 is 1.40 bits per heavy atom. The van der Waals surface area contributed by atoms with Gasteiger partial charge in [0, 0.05) is 24.2 Å². The van der Waals surface area contributed by atoms with Crippen molar-refractivity contribution in [3.63, 3.8) is 0 Å². The summed E-state index contributed by atoms with van der Waals surface area (Å²) in [4.78, 5) is 24.5. The Balaban J connectivity index is 2.33. The maximum Gasteiger partial charge on any atom is 0.282 e. The largest absolute Gasteiger partial charge is 0.372 e. The molecule has 1 aromatic rings. The molecule has 0 aromatic heterocycles. The molecular formula is C13H15ClN2O4. The molecule has 1 aliphatic heterocycles. The lowest BCUT2D eigenvalue weighted by atomic mass is 10.1. The van der Waals surface area contributed by atoms with Gasteiger partial charge in [-0.25, -0.2) is 0 Å². The molecule has 1 aromatic carbocycles. The fourth-order valence-corrected chi connectivity index (χ4v) is 2.52. The highest BCUT2D eigenvalue weighted by Gasteiger charge is 2.30. The molecule has 1 heterocycles. The highest BCUT2D eigenvalue weighted by Crippen LogP contribution is 2.25. The predicted octanol–water partition coefficient (Wildman–Crippen LogP) is 2.50. The maximum absolute atomic E-state index is 12.5. The highest BCUT2D eigenvalue weighted by atomic mass is 35.5. The number of hydrogen-bond donors (Lipinski definition) is 0. The van der Waals surface area contributed by atoms with Gasteiger partial charge in [-0.15, -0.1) is 0 Å². The van der Waals surface area contributed by atoms with Gasteiger partial charge in [-0.3, -0.25) is 14.9 Å². The van der Waals surface area contributed by atoms with Gasteiger partial charge in [0.1, 0.15) is 5.56 Å². The molecule has 0 saturated carbocycles. The highest BCUT2D eigenvalue weighted by molar-refractivity contribution is 6.31. The first-order valence-electron chi connectivity index (χ1n) is 6.27. The molecule has 1 fully saturated rings. The number of nitrogens with zero attached hydrogens (tertiary/aromatic N) is 2. The van der Waals surface area contributed by atoms with Crippen LogP contribution in [0.1, 0.15) is 24.2 Å². The van der Waals surface area contributed by atoms with E-state index in [1.807, 2.05) is 13.8 Å². The summed E-state index contributed by atoms with van der Waals surface area (Å²) in [5.74, 6) is -0.388. The van der Waals surface area contributed by atoms with Crippen molar-refractivity contribution in [2.24, 2.45) is 0 Å². The van der Waals surface area contributed by atoms with Crippen LogP contribution >= 0.6 is 11.6 Å². The Morgan fingerprint density at radius 3 is 2.55 bits per heavy atom. The molecule has 6 nitrogen and oxygen atoms in total. The van der Waals surface area contributed by atoms with E-state index in [1.54, 1.807) is 4.90 Å². The zero-order valence-electron chi connectivity index (χ0n) is 11.2. The number of carbonyl (C=O) groups is 1. The molecule has 0 radical (unpaired) electrons. The summed E-state index contributed by atoms with van der Waals surface area (Å²) in [6.07, 6.45) is -0.193. The standard InChI is InChI=1S/C13H15ClN2O4/c1-8-6-15(7-9(2)20-8)13(17)11-5-10(14)3-4-12(11)16(18)19/h3-5,8-9H,6-7H2,1-2H3. The first kappa shape index (κ1) is 14.7. The van der Waals surface area contributed by atoms with E-state index in [-0.39, 0.29) is 29.4 Å². The number of morpholine rings is 1. The van der Waals surface area contributed by atoms with Gasteiger partial charge in [-0.05, 0) is 26.0 Å². The number of carbonyl (C=O) groups excluding carboxylic acids is 1. The van der Waals surface area contributed by atoms with Gasteiger partial charge in [-0.1, -0.05) is 11.6 Å². The van der Waals surface area contributed by atoms with Crippen molar-refractivity contribution < 1.29 is 14.5 Å². The van der Waals surface area contributed by atoms with E-state index in [2.05, 4.69) is 0 Å². The van der Waals surface area contributed by atoms with Crippen LogP contribution in [0.2, 0.25) is 5.02 Å². The fourth-order valence-electron chi connectivity index (χ4n) is 2.35. The summed E-state index contributed by atoms with van der Waals surface area (Å²) in [5.41, 5.74) is -0.213. The predicted molar refractivity (Wildman–Crippen MR) is 74.0 cm³/mol. The third-order valence-electron chi connectivity index (χ3n) is 3.09. The van der Waals surface area contributed by atoms with Crippen molar-refractivity contribution in [2.45, 2.75) is 26.1 Å². The monoisotopic (exact) mass is 298 g/mol. The summed E-state index contributed by atoms with van der Waals surface area (Å²) in [6.45, 7) is 4.55. The second-order valence-electron chi connectivity index (χ2n) is 4.89. The van der Waals surface area contributed by atoms with Crippen molar-refractivity contribution in [3.05, 3.63) is 38.9 Å². The zero-order valence-corrected chi connectivity index (χ0v) is 12.0. The molecule has 2 rings (SSSR count). The van der Waals surface area contributed by atoms with Crippen molar-refractivity contribution in [1.82, 2.24) is 4.90 Å². The Morgan fingerprint density at radius 2 is 2.00 bits per heavy atom. The van der Waals surface area contributed by atoms with Crippen LogP contribution in [0.3, 0.4) is 0 Å². The number of ether oxygens (including phenoxy) is 1. The minimum absolute atomic E-state index is 0.0174. The van der Waals surface area contributed by atoms with Gasteiger partial charge in [0.25, 0.3) is 11.6 Å². The summed E-state index contributed by atoms with van der Waals surface area (Å²) in [7, 11) is 0. The van der Waals surface area contributed by atoms with E-state index >= 15 is 0 Å². The Hall–Kier alpha value is -1.66. The van der Waals surface area contributed by atoms with Gasteiger partial charge >= 0.3 is 0 Å². The summed E-state index contributed by atoms with van der Waals surface area (Å²) < 4.78 is 5.55. The second kappa shape index (κ2) is 5.76. The topological polar surface area (TPSA) is 72.7 Å². The maximum atomic E-state index is 12.5. The second-order valence-corrected chi connectivity index (χ2v) is 5.32. The SMILES string of the molecule is CC1CN(C(=O)c2cc(Cl)ccc2[N+](=O)[O-])CC(C)O1. The molecule has 0 bridgehead atoms. The average molecular weight is 299 g/mol. The summed E-state index contributed by atoms with van der Waals surface area (Å²) in [6, 6.07) is 4.00. The van der Waals surface area contributed by atoms with E-state index in [0.29, 0.717) is 18.1 Å². The Bertz CT molecular complexity index is 539. The number of hydrogen-bond acceptors (Lipinski definition) is 4. The normalized spacial score (nSPS) is 22.6.